The highest BCUT2D eigenvalue weighted by Gasteiger charge is 2.16. The highest BCUT2D eigenvalue weighted by atomic mass is 32.2. The summed E-state index contributed by atoms with van der Waals surface area (Å²) < 4.78 is 33.9. The number of aryl methyl sites for hydroxylation is 1. The number of nitrogen functional groups attached to an aromatic ring is 2. The van der Waals surface area contributed by atoms with Crippen LogP contribution in [0.2, 0.25) is 0 Å². The van der Waals surface area contributed by atoms with Crippen LogP contribution in [0.4, 0.5) is 16.0 Å². The summed E-state index contributed by atoms with van der Waals surface area (Å²) in [5, 5.41) is 1.43. The van der Waals surface area contributed by atoms with Crippen LogP contribution in [0.3, 0.4) is 0 Å². The van der Waals surface area contributed by atoms with E-state index < -0.39 is 6.67 Å². The quantitative estimate of drug-likeness (QED) is 0.154. The molecule has 0 fully saturated rings. The van der Waals surface area contributed by atoms with Gasteiger partial charge in [-0.05, 0) is 24.6 Å². The molecule has 4 N–H and O–H groups in total. The van der Waals surface area contributed by atoms with Gasteiger partial charge >= 0.3 is 0 Å². The fraction of sp³-hybridized carbons (Fsp3) is 0.458. The lowest BCUT2D eigenvalue weighted by Crippen LogP contribution is -2.11. The first-order valence-electron chi connectivity index (χ1n) is 11.6. The summed E-state index contributed by atoms with van der Waals surface area (Å²) in [6, 6.07) is 7.30. The van der Waals surface area contributed by atoms with Gasteiger partial charge in [-0.15, -0.1) is 11.3 Å². The fourth-order valence-corrected chi connectivity index (χ4v) is 5.32. The summed E-state index contributed by atoms with van der Waals surface area (Å²) in [6.07, 6.45) is 1.94. The average Bonchev–Trinajstić information content (AvgIpc) is 3.26. The highest BCUT2D eigenvalue weighted by molar-refractivity contribution is 7.98. The lowest BCUT2D eigenvalue weighted by atomic mass is 10.2. The predicted molar refractivity (Wildman–Crippen MR) is 142 cm³/mol. The lowest BCUT2D eigenvalue weighted by molar-refractivity contribution is 0.0322. The van der Waals surface area contributed by atoms with Crippen molar-refractivity contribution in [1.82, 2.24) is 15.0 Å². The van der Waals surface area contributed by atoms with Gasteiger partial charge in [0.2, 0.25) is 0 Å². The number of nitrogens with two attached hydrogens (primary N) is 2. The molecule has 2 aromatic heterocycles. The maximum absolute atomic E-state index is 12.0. The van der Waals surface area contributed by atoms with E-state index in [0.717, 1.165) is 29.1 Å². The Morgan fingerprint density at radius 3 is 2.36 bits per heavy atom. The second-order valence-electron chi connectivity index (χ2n) is 7.56. The first kappa shape index (κ1) is 27.9. The smallest absolute Gasteiger partial charge is 0.191 e. The van der Waals surface area contributed by atoms with Crippen molar-refractivity contribution >= 4 is 34.7 Å². The molecule has 3 aromatic rings. The van der Waals surface area contributed by atoms with Crippen molar-refractivity contribution < 1.29 is 23.3 Å². The summed E-state index contributed by atoms with van der Waals surface area (Å²) >= 11 is 3.12. The summed E-state index contributed by atoms with van der Waals surface area (Å²) in [6.45, 7) is 3.19. The lowest BCUT2D eigenvalue weighted by Gasteiger charge is -2.12. The summed E-state index contributed by atoms with van der Waals surface area (Å²) in [5.41, 5.74) is 13.5. The zero-order valence-electron chi connectivity index (χ0n) is 20.5. The van der Waals surface area contributed by atoms with E-state index in [1.807, 2.05) is 18.2 Å². The van der Waals surface area contributed by atoms with E-state index in [4.69, 9.17) is 35.4 Å². The van der Waals surface area contributed by atoms with Gasteiger partial charge in [0, 0.05) is 22.3 Å². The zero-order valence-corrected chi connectivity index (χ0v) is 22.1. The number of thiazole rings is 1. The molecular weight excluding hydrogens is 505 g/mol. The van der Waals surface area contributed by atoms with Gasteiger partial charge in [-0.25, -0.2) is 19.3 Å². The zero-order chi connectivity index (χ0) is 25.8. The molecule has 9 nitrogen and oxygen atoms in total. The Morgan fingerprint density at radius 1 is 0.944 bits per heavy atom. The molecule has 36 heavy (non-hydrogen) atoms. The van der Waals surface area contributed by atoms with E-state index in [1.165, 1.54) is 22.7 Å². The Kier molecular flexibility index (Phi) is 11.5. The average molecular weight is 538 g/mol. The van der Waals surface area contributed by atoms with Crippen molar-refractivity contribution in [2.45, 2.75) is 30.7 Å². The van der Waals surface area contributed by atoms with Gasteiger partial charge in [-0.2, -0.15) is 0 Å². The minimum absolute atomic E-state index is 0.0876. The molecule has 0 aliphatic rings. The van der Waals surface area contributed by atoms with Crippen molar-refractivity contribution in [3.05, 3.63) is 34.8 Å². The molecule has 0 saturated carbocycles. The molecule has 0 saturated heterocycles. The topological polar surface area (TPSA) is 128 Å². The molecule has 0 amide bonds. The standard InChI is InChI=1S/C24H32FN5O4S2/c1-3-4-20-17(15-35-24-29-21(26)14-22(27)30-24)28-23(36-20)16-5-6-18(31-2)19(13-16)34-12-11-33-10-9-32-8-7-25/h5-6,13-14H,3-4,7-12,15H2,1-2H3,(H4,26,27,29,30). The molecule has 0 unspecified atom stereocenters. The van der Waals surface area contributed by atoms with Crippen LogP contribution < -0.4 is 20.9 Å². The maximum Gasteiger partial charge on any atom is 0.191 e. The number of rotatable bonds is 16. The number of hydrogen-bond donors (Lipinski definition) is 2. The minimum atomic E-state index is -0.496. The molecule has 0 aliphatic carbocycles. The van der Waals surface area contributed by atoms with Gasteiger partial charge in [0.15, 0.2) is 16.7 Å². The molecule has 0 spiro atoms. The van der Waals surface area contributed by atoms with Crippen LogP contribution in [0, 0.1) is 0 Å². The number of anilines is 2. The molecule has 0 aliphatic heterocycles. The van der Waals surface area contributed by atoms with E-state index in [1.54, 1.807) is 18.4 Å². The number of nitrogens with zero attached hydrogens (tertiary/aromatic N) is 3. The first-order valence-corrected chi connectivity index (χ1v) is 13.4. The number of aromatic nitrogens is 3. The van der Waals surface area contributed by atoms with Crippen molar-refractivity contribution in [3.63, 3.8) is 0 Å². The van der Waals surface area contributed by atoms with E-state index in [-0.39, 0.29) is 6.61 Å². The molecule has 2 heterocycles. The fourth-order valence-electron chi connectivity index (χ4n) is 3.21. The minimum Gasteiger partial charge on any atom is -0.493 e. The maximum atomic E-state index is 12.0. The summed E-state index contributed by atoms with van der Waals surface area (Å²) in [5.74, 6) is 2.54. The van der Waals surface area contributed by atoms with Crippen molar-refractivity contribution in [1.29, 1.82) is 0 Å². The van der Waals surface area contributed by atoms with Gasteiger partial charge < -0.3 is 30.4 Å². The van der Waals surface area contributed by atoms with Gasteiger partial charge in [0.1, 0.15) is 29.9 Å². The van der Waals surface area contributed by atoms with Crippen LogP contribution in [0.15, 0.2) is 29.4 Å². The number of halogens is 1. The molecule has 196 valence electrons. The Bertz CT molecular complexity index is 1080. The molecule has 0 bridgehead atoms. The number of methoxy groups -OCH3 is 1. The molecule has 1 aromatic carbocycles. The van der Waals surface area contributed by atoms with Crippen molar-refractivity contribution in [2.24, 2.45) is 0 Å². The molecule has 0 atom stereocenters. The SMILES string of the molecule is CCCc1sc(-c2ccc(OC)c(OCCOCCOCCF)c2)nc1CSc1nc(N)cc(N)n1. The van der Waals surface area contributed by atoms with E-state index >= 15 is 0 Å². The highest BCUT2D eigenvalue weighted by Crippen LogP contribution is 2.37. The van der Waals surface area contributed by atoms with Crippen LogP contribution in [0.5, 0.6) is 11.5 Å². The van der Waals surface area contributed by atoms with Crippen LogP contribution in [-0.4, -0.2) is 61.8 Å². The van der Waals surface area contributed by atoms with Crippen molar-refractivity contribution in [3.8, 4) is 22.1 Å². The van der Waals surface area contributed by atoms with E-state index in [0.29, 0.717) is 60.5 Å². The largest absolute Gasteiger partial charge is 0.493 e. The third kappa shape index (κ3) is 8.47. The van der Waals surface area contributed by atoms with Crippen molar-refractivity contribution in [2.75, 3.05) is 58.3 Å². The normalized spacial score (nSPS) is 11.1. The predicted octanol–water partition coefficient (Wildman–Crippen LogP) is 4.40. The van der Waals surface area contributed by atoms with Crippen LogP contribution in [0.1, 0.15) is 23.9 Å². The van der Waals surface area contributed by atoms with Crippen LogP contribution >= 0.6 is 23.1 Å². The summed E-state index contributed by atoms with van der Waals surface area (Å²) in [4.78, 5) is 14.6. The van der Waals surface area contributed by atoms with E-state index in [9.17, 15) is 4.39 Å². The van der Waals surface area contributed by atoms with Gasteiger partial charge in [0.25, 0.3) is 0 Å². The monoisotopic (exact) mass is 537 g/mol. The first-order chi connectivity index (χ1) is 17.5. The Balaban J connectivity index is 1.67. The number of benzene rings is 1. The third-order valence-corrected chi connectivity index (χ3v) is 6.89. The van der Waals surface area contributed by atoms with Gasteiger partial charge in [0.05, 0.1) is 39.2 Å². The Labute approximate surface area is 218 Å². The molecule has 0 radical (unpaired) electrons. The van der Waals surface area contributed by atoms with E-state index in [2.05, 4.69) is 16.9 Å². The second kappa shape index (κ2) is 14.8. The number of ether oxygens (including phenoxy) is 4. The van der Waals surface area contributed by atoms with Gasteiger partial charge in [-0.1, -0.05) is 25.1 Å². The summed E-state index contributed by atoms with van der Waals surface area (Å²) in [7, 11) is 1.60. The molecule has 12 heteroatoms. The number of hydrogen-bond acceptors (Lipinski definition) is 11. The second-order valence-corrected chi connectivity index (χ2v) is 9.58. The third-order valence-electron chi connectivity index (χ3n) is 4.83. The number of alkyl halides is 1. The molecule has 3 rings (SSSR count). The Hall–Kier alpha value is -2.67. The van der Waals surface area contributed by atoms with Crippen LogP contribution in [-0.2, 0) is 21.6 Å². The van der Waals surface area contributed by atoms with Crippen LogP contribution in [0.25, 0.3) is 10.6 Å². The van der Waals surface area contributed by atoms with Gasteiger partial charge in [-0.3, -0.25) is 0 Å². The number of thioether (sulfide) groups is 1. The Morgan fingerprint density at radius 2 is 1.67 bits per heavy atom. The molecular formula is C24H32FN5O4S2.